The second-order valence-corrected chi connectivity index (χ2v) is 6.73. The van der Waals surface area contributed by atoms with Crippen LogP contribution >= 0.6 is 0 Å². The highest BCUT2D eigenvalue weighted by molar-refractivity contribution is 5.48. The van der Waals surface area contributed by atoms with Crippen LogP contribution in [0.4, 0.5) is 0 Å². The third kappa shape index (κ3) is 4.53. The van der Waals surface area contributed by atoms with Crippen LogP contribution in [-0.4, -0.2) is 10.2 Å². The molecule has 0 bridgehead atoms. The Morgan fingerprint density at radius 1 is 1.12 bits per heavy atom. The lowest BCUT2D eigenvalue weighted by Crippen LogP contribution is -2.20. The number of fused-ring (bicyclic) bond motifs is 1. The predicted molar refractivity (Wildman–Crippen MR) is 95.4 cm³/mol. The molecule has 1 aliphatic rings. The number of ether oxygens (including phenoxy) is 1. The normalized spacial score (nSPS) is 16.6. The van der Waals surface area contributed by atoms with E-state index in [1.807, 2.05) is 6.92 Å². The summed E-state index contributed by atoms with van der Waals surface area (Å²) in [7, 11) is 0. The van der Waals surface area contributed by atoms with Crippen molar-refractivity contribution in [1.82, 2.24) is 10.2 Å². The van der Waals surface area contributed by atoms with E-state index >= 15 is 0 Å². The molecule has 1 aromatic heterocycles. The first kappa shape index (κ1) is 18.4. The molecular weight excluding hydrogens is 300 g/mol. The van der Waals surface area contributed by atoms with E-state index in [-0.39, 0.29) is 11.8 Å². The SMILES string of the molecule is CCCCCCCCCCC[C@H]1C(C#N)=C(N)Oc2n[nH]c(C)c21. The Bertz CT molecular complexity index is 597. The van der Waals surface area contributed by atoms with Gasteiger partial charge in [0, 0.05) is 17.2 Å². The third-order valence-corrected chi connectivity index (χ3v) is 4.85. The van der Waals surface area contributed by atoms with Crippen LogP contribution in [0.15, 0.2) is 11.5 Å². The van der Waals surface area contributed by atoms with E-state index in [0.29, 0.717) is 11.5 Å². The second kappa shape index (κ2) is 9.36. The minimum Gasteiger partial charge on any atom is -0.420 e. The number of allylic oxidation sites excluding steroid dienone is 1. The maximum atomic E-state index is 9.43. The molecule has 0 fully saturated rings. The zero-order chi connectivity index (χ0) is 17.4. The Hall–Kier alpha value is -1.96. The maximum absolute atomic E-state index is 9.43. The molecule has 1 aliphatic heterocycles. The van der Waals surface area contributed by atoms with Crippen LogP contribution < -0.4 is 10.5 Å². The first-order chi connectivity index (χ1) is 11.7. The summed E-state index contributed by atoms with van der Waals surface area (Å²) in [5.74, 6) is 0.754. The van der Waals surface area contributed by atoms with Gasteiger partial charge in [0.25, 0.3) is 0 Å². The number of rotatable bonds is 10. The van der Waals surface area contributed by atoms with E-state index < -0.39 is 0 Å². The molecule has 1 aromatic rings. The fraction of sp³-hybridized carbons (Fsp3) is 0.684. The number of H-pyrrole nitrogens is 1. The molecule has 2 heterocycles. The summed E-state index contributed by atoms with van der Waals surface area (Å²) in [5.41, 5.74) is 8.41. The zero-order valence-corrected chi connectivity index (χ0v) is 15.0. The van der Waals surface area contributed by atoms with Crippen molar-refractivity contribution >= 4 is 0 Å². The zero-order valence-electron chi connectivity index (χ0n) is 15.0. The lowest BCUT2D eigenvalue weighted by molar-refractivity contribution is 0.369. The molecule has 132 valence electrons. The van der Waals surface area contributed by atoms with Gasteiger partial charge in [-0.05, 0) is 13.3 Å². The second-order valence-electron chi connectivity index (χ2n) is 6.73. The highest BCUT2D eigenvalue weighted by Gasteiger charge is 2.32. The fourth-order valence-corrected chi connectivity index (χ4v) is 3.46. The van der Waals surface area contributed by atoms with E-state index in [9.17, 15) is 5.26 Å². The molecule has 0 unspecified atom stereocenters. The Labute approximate surface area is 145 Å². The van der Waals surface area contributed by atoms with Gasteiger partial charge in [-0.1, -0.05) is 64.7 Å². The molecule has 0 spiro atoms. The van der Waals surface area contributed by atoms with Crippen molar-refractivity contribution in [2.45, 2.75) is 84.0 Å². The lowest BCUT2D eigenvalue weighted by Gasteiger charge is -2.23. The molecule has 0 aliphatic carbocycles. The van der Waals surface area contributed by atoms with Crippen LogP contribution in [0.2, 0.25) is 0 Å². The smallest absolute Gasteiger partial charge is 0.243 e. The van der Waals surface area contributed by atoms with E-state index in [0.717, 1.165) is 24.1 Å². The number of aromatic nitrogens is 2. The highest BCUT2D eigenvalue weighted by Crippen LogP contribution is 2.41. The Balaban J connectivity index is 1.79. The van der Waals surface area contributed by atoms with Crippen molar-refractivity contribution in [1.29, 1.82) is 5.26 Å². The van der Waals surface area contributed by atoms with Gasteiger partial charge >= 0.3 is 0 Å². The molecule has 5 heteroatoms. The Morgan fingerprint density at radius 3 is 2.38 bits per heavy atom. The van der Waals surface area contributed by atoms with Gasteiger partial charge < -0.3 is 10.5 Å². The highest BCUT2D eigenvalue weighted by atomic mass is 16.5. The number of unbranched alkanes of at least 4 members (excludes halogenated alkanes) is 8. The Morgan fingerprint density at radius 2 is 1.75 bits per heavy atom. The average molecular weight is 330 g/mol. The van der Waals surface area contributed by atoms with Crippen molar-refractivity contribution in [2.75, 3.05) is 0 Å². The number of hydrogen-bond acceptors (Lipinski definition) is 4. The van der Waals surface area contributed by atoms with Gasteiger partial charge in [-0.25, -0.2) is 0 Å². The van der Waals surface area contributed by atoms with Gasteiger partial charge in [0.1, 0.15) is 6.07 Å². The fourth-order valence-electron chi connectivity index (χ4n) is 3.46. The van der Waals surface area contributed by atoms with Crippen LogP contribution in [0.1, 0.15) is 88.3 Å². The van der Waals surface area contributed by atoms with Crippen LogP contribution in [0.25, 0.3) is 0 Å². The van der Waals surface area contributed by atoms with Crippen LogP contribution in [-0.2, 0) is 0 Å². The van der Waals surface area contributed by atoms with E-state index in [1.54, 1.807) is 0 Å². The van der Waals surface area contributed by atoms with E-state index in [1.165, 1.54) is 51.4 Å². The Kier molecular flexibility index (Phi) is 7.17. The molecule has 0 amide bonds. The predicted octanol–water partition coefficient (Wildman–Crippen LogP) is 4.81. The quantitative estimate of drug-likeness (QED) is 0.603. The molecule has 0 radical (unpaired) electrons. The number of nitriles is 1. The molecule has 0 saturated heterocycles. The molecule has 3 N–H and O–H groups in total. The summed E-state index contributed by atoms with van der Waals surface area (Å²) in [6, 6.07) is 2.23. The maximum Gasteiger partial charge on any atom is 0.243 e. The topological polar surface area (TPSA) is 87.7 Å². The molecule has 2 rings (SSSR count). The van der Waals surface area contributed by atoms with Crippen molar-refractivity contribution in [3.63, 3.8) is 0 Å². The molecule has 24 heavy (non-hydrogen) atoms. The summed E-state index contributed by atoms with van der Waals surface area (Å²) < 4.78 is 5.47. The average Bonchev–Trinajstić information content (AvgIpc) is 2.93. The molecule has 5 nitrogen and oxygen atoms in total. The van der Waals surface area contributed by atoms with Crippen LogP contribution in [0.5, 0.6) is 5.88 Å². The van der Waals surface area contributed by atoms with Gasteiger partial charge in [-0.15, -0.1) is 5.10 Å². The standard InChI is InChI=1S/C19H30N4O/c1-3-4-5-6-7-8-9-10-11-12-15-16(13-20)18(21)24-19-17(15)14(2)22-23-19/h15H,3-12,21H2,1-2H3,(H,22,23)/t15-/m0/s1. The third-order valence-electron chi connectivity index (χ3n) is 4.85. The number of aromatic amines is 1. The van der Waals surface area contributed by atoms with Gasteiger partial charge in [0.05, 0.1) is 5.57 Å². The lowest BCUT2D eigenvalue weighted by atomic mass is 9.86. The van der Waals surface area contributed by atoms with Crippen molar-refractivity contribution in [2.24, 2.45) is 5.73 Å². The minimum atomic E-state index is 0.0158. The summed E-state index contributed by atoms with van der Waals surface area (Å²) in [6.45, 7) is 4.22. The van der Waals surface area contributed by atoms with Crippen LogP contribution in [0.3, 0.4) is 0 Å². The van der Waals surface area contributed by atoms with Gasteiger partial charge in [0.2, 0.25) is 11.8 Å². The first-order valence-corrected chi connectivity index (χ1v) is 9.31. The number of nitrogens with two attached hydrogens (primary N) is 1. The summed E-state index contributed by atoms with van der Waals surface area (Å²) in [6.07, 6.45) is 12.6. The minimum absolute atomic E-state index is 0.0158. The first-order valence-electron chi connectivity index (χ1n) is 9.31. The largest absolute Gasteiger partial charge is 0.420 e. The number of nitrogens with one attached hydrogen (secondary N) is 1. The molecule has 0 aromatic carbocycles. The van der Waals surface area contributed by atoms with Crippen LogP contribution in [0, 0.1) is 18.3 Å². The van der Waals surface area contributed by atoms with Gasteiger partial charge in [0.15, 0.2) is 0 Å². The number of aryl methyl sites for hydroxylation is 1. The summed E-state index contributed by atoms with van der Waals surface area (Å²) in [4.78, 5) is 0. The molecular formula is C19H30N4O. The monoisotopic (exact) mass is 330 g/mol. The van der Waals surface area contributed by atoms with E-state index in [2.05, 4.69) is 23.2 Å². The van der Waals surface area contributed by atoms with Crippen molar-refractivity contribution < 1.29 is 4.74 Å². The number of hydrogen-bond donors (Lipinski definition) is 2. The molecule has 1 atom stereocenters. The van der Waals surface area contributed by atoms with E-state index in [4.69, 9.17) is 10.5 Å². The summed E-state index contributed by atoms with van der Waals surface area (Å²) >= 11 is 0. The van der Waals surface area contributed by atoms with Crippen molar-refractivity contribution in [3.05, 3.63) is 22.7 Å². The summed E-state index contributed by atoms with van der Waals surface area (Å²) in [5, 5.41) is 16.5. The number of nitrogens with zero attached hydrogens (tertiary/aromatic N) is 2. The van der Waals surface area contributed by atoms with Crippen molar-refractivity contribution in [3.8, 4) is 11.9 Å². The molecule has 0 saturated carbocycles. The van der Waals surface area contributed by atoms with Gasteiger partial charge in [-0.2, -0.15) is 5.26 Å². The van der Waals surface area contributed by atoms with Gasteiger partial charge in [-0.3, -0.25) is 5.10 Å².